The molecule has 3 rings (SSSR count). The number of nitrogens with one attached hydrogen (secondary N) is 1. The highest BCUT2D eigenvalue weighted by Crippen LogP contribution is 2.21. The first-order valence-corrected chi connectivity index (χ1v) is 8.00. The maximum absolute atomic E-state index is 12.5. The van der Waals surface area contributed by atoms with E-state index in [0.717, 1.165) is 42.2 Å². The van der Waals surface area contributed by atoms with Crippen LogP contribution in [0.4, 0.5) is 5.82 Å². The lowest BCUT2D eigenvalue weighted by atomic mass is 9.97. The van der Waals surface area contributed by atoms with Crippen molar-refractivity contribution in [1.29, 1.82) is 0 Å². The SMILES string of the molecule is Cc1noc(C)c1CNC(=O)[C@@H]1CCCN(c2ccccn2)C1. The van der Waals surface area contributed by atoms with Crippen LogP contribution in [0.25, 0.3) is 0 Å². The summed E-state index contributed by atoms with van der Waals surface area (Å²) in [5, 5.41) is 6.94. The van der Waals surface area contributed by atoms with Gasteiger partial charge in [0.25, 0.3) is 0 Å². The Hall–Kier alpha value is -2.37. The zero-order valence-corrected chi connectivity index (χ0v) is 13.6. The van der Waals surface area contributed by atoms with Crippen molar-refractivity contribution >= 4 is 11.7 Å². The average molecular weight is 314 g/mol. The minimum Gasteiger partial charge on any atom is -0.361 e. The lowest BCUT2D eigenvalue weighted by molar-refractivity contribution is -0.125. The molecule has 23 heavy (non-hydrogen) atoms. The monoisotopic (exact) mass is 314 g/mol. The van der Waals surface area contributed by atoms with Gasteiger partial charge in [0.15, 0.2) is 0 Å². The van der Waals surface area contributed by atoms with Crippen molar-refractivity contribution in [2.45, 2.75) is 33.2 Å². The summed E-state index contributed by atoms with van der Waals surface area (Å²) in [7, 11) is 0. The molecule has 3 heterocycles. The highest BCUT2D eigenvalue weighted by atomic mass is 16.5. The fourth-order valence-electron chi connectivity index (χ4n) is 3.01. The molecule has 0 radical (unpaired) electrons. The number of aryl methyl sites for hydroxylation is 2. The van der Waals surface area contributed by atoms with Crippen LogP contribution in [0.3, 0.4) is 0 Å². The van der Waals surface area contributed by atoms with Crippen LogP contribution in [0.1, 0.15) is 29.9 Å². The minimum absolute atomic E-state index is 0.00812. The van der Waals surface area contributed by atoms with E-state index in [4.69, 9.17) is 4.52 Å². The molecular weight excluding hydrogens is 292 g/mol. The summed E-state index contributed by atoms with van der Waals surface area (Å²) in [5.74, 6) is 1.79. The van der Waals surface area contributed by atoms with Gasteiger partial charge in [-0.05, 0) is 38.8 Å². The van der Waals surface area contributed by atoms with Crippen molar-refractivity contribution in [2.24, 2.45) is 5.92 Å². The number of anilines is 1. The molecular formula is C17H22N4O2. The first-order chi connectivity index (χ1) is 11.1. The molecule has 122 valence electrons. The molecule has 6 nitrogen and oxygen atoms in total. The number of amides is 1. The van der Waals surface area contributed by atoms with Gasteiger partial charge in [0, 0.05) is 31.4 Å². The molecule has 6 heteroatoms. The first-order valence-electron chi connectivity index (χ1n) is 8.00. The van der Waals surface area contributed by atoms with Crippen LogP contribution in [0.5, 0.6) is 0 Å². The van der Waals surface area contributed by atoms with Crippen LogP contribution in [0.15, 0.2) is 28.9 Å². The second-order valence-electron chi connectivity index (χ2n) is 5.99. The molecule has 1 aliphatic heterocycles. The predicted octanol–water partition coefficient (Wildman–Crippen LogP) is 2.22. The van der Waals surface area contributed by atoms with Gasteiger partial charge in [-0.1, -0.05) is 11.2 Å². The van der Waals surface area contributed by atoms with Gasteiger partial charge in [0.05, 0.1) is 11.6 Å². The van der Waals surface area contributed by atoms with Crippen LogP contribution in [-0.2, 0) is 11.3 Å². The molecule has 0 unspecified atom stereocenters. The van der Waals surface area contributed by atoms with E-state index >= 15 is 0 Å². The van der Waals surface area contributed by atoms with Gasteiger partial charge in [-0.3, -0.25) is 4.79 Å². The Morgan fingerprint density at radius 3 is 3.00 bits per heavy atom. The van der Waals surface area contributed by atoms with E-state index in [2.05, 4.69) is 20.4 Å². The molecule has 2 aromatic heterocycles. The molecule has 1 aliphatic rings. The summed E-state index contributed by atoms with van der Waals surface area (Å²) < 4.78 is 5.13. The summed E-state index contributed by atoms with van der Waals surface area (Å²) in [6.45, 7) is 5.89. The number of nitrogens with zero attached hydrogens (tertiary/aromatic N) is 3. The molecule has 0 aromatic carbocycles. The third-order valence-electron chi connectivity index (χ3n) is 4.39. The van der Waals surface area contributed by atoms with Crippen molar-refractivity contribution in [3.05, 3.63) is 41.4 Å². The second kappa shape index (κ2) is 6.81. The Morgan fingerprint density at radius 2 is 2.30 bits per heavy atom. The summed E-state index contributed by atoms with van der Waals surface area (Å²) in [6, 6.07) is 5.87. The number of aromatic nitrogens is 2. The number of pyridine rings is 1. The number of rotatable bonds is 4. The highest BCUT2D eigenvalue weighted by Gasteiger charge is 2.26. The van der Waals surface area contributed by atoms with E-state index in [-0.39, 0.29) is 11.8 Å². The lowest BCUT2D eigenvalue weighted by Gasteiger charge is -2.32. The van der Waals surface area contributed by atoms with Gasteiger partial charge in [-0.25, -0.2) is 4.98 Å². The Labute approximate surface area is 135 Å². The number of hydrogen-bond donors (Lipinski definition) is 1. The number of hydrogen-bond acceptors (Lipinski definition) is 5. The maximum atomic E-state index is 12.5. The Bertz CT molecular complexity index is 649. The predicted molar refractivity (Wildman–Crippen MR) is 87.0 cm³/mol. The molecule has 0 spiro atoms. The topological polar surface area (TPSA) is 71.3 Å². The van der Waals surface area contributed by atoms with Gasteiger partial charge in [-0.2, -0.15) is 0 Å². The fraction of sp³-hybridized carbons (Fsp3) is 0.471. The van der Waals surface area contributed by atoms with E-state index in [1.54, 1.807) is 6.20 Å². The molecule has 1 saturated heterocycles. The van der Waals surface area contributed by atoms with Crippen LogP contribution >= 0.6 is 0 Å². The smallest absolute Gasteiger partial charge is 0.225 e. The van der Waals surface area contributed by atoms with Crippen LogP contribution in [0.2, 0.25) is 0 Å². The quantitative estimate of drug-likeness (QED) is 0.937. The average Bonchev–Trinajstić information content (AvgIpc) is 2.92. The number of piperidine rings is 1. The van der Waals surface area contributed by atoms with Crippen LogP contribution in [0, 0.1) is 19.8 Å². The van der Waals surface area contributed by atoms with E-state index in [1.165, 1.54) is 0 Å². The summed E-state index contributed by atoms with van der Waals surface area (Å²) in [4.78, 5) is 19.0. The largest absolute Gasteiger partial charge is 0.361 e. The summed E-state index contributed by atoms with van der Waals surface area (Å²) >= 11 is 0. The lowest BCUT2D eigenvalue weighted by Crippen LogP contribution is -2.43. The summed E-state index contributed by atoms with van der Waals surface area (Å²) in [6.07, 6.45) is 3.70. The normalized spacial score (nSPS) is 18.0. The molecule has 0 bridgehead atoms. The van der Waals surface area contributed by atoms with Gasteiger partial charge in [0.2, 0.25) is 5.91 Å². The summed E-state index contributed by atoms with van der Waals surface area (Å²) in [5.41, 5.74) is 1.80. The molecule has 1 fully saturated rings. The molecule has 1 N–H and O–H groups in total. The van der Waals surface area contributed by atoms with E-state index < -0.39 is 0 Å². The first kappa shape index (κ1) is 15.5. The second-order valence-corrected chi connectivity index (χ2v) is 5.99. The van der Waals surface area contributed by atoms with E-state index in [1.807, 2.05) is 32.0 Å². The van der Waals surface area contributed by atoms with Gasteiger partial charge in [0.1, 0.15) is 11.6 Å². The maximum Gasteiger partial charge on any atom is 0.225 e. The molecule has 0 saturated carbocycles. The van der Waals surface area contributed by atoms with Crippen molar-refractivity contribution < 1.29 is 9.32 Å². The standard InChI is InChI=1S/C17H22N4O2/c1-12-15(13(2)23-20-12)10-19-17(22)14-6-5-9-21(11-14)16-7-3-4-8-18-16/h3-4,7-8,14H,5-6,9-11H2,1-2H3,(H,19,22)/t14-/m1/s1. The Morgan fingerprint density at radius 1 is 1.43 bits per heavy atom. The van der Waals surface area contributed by atoms with Crippen molar-refractivity contribution in [3.8, 4) is 0 Å². The van der Waals surface area contributed by atoms with Crippen molar-refractivity contribution in [2.75, 3.05) is 18.0 Å². The zero-order valence-electron chi connectivity index (χ0n) is 13.6. The Balaban J connectivity index is 1.59. The molecule has 2 aromatic rings. The van der Waals surface area contributed by atoms with Gasteiger partial charge >= 0.3 is 0 Å². The molecule has 0 aliphatic carbocycles. The van der Waals surface area contributed by atoms with E-state index in [9.17, 15) is 4.79 Å². The number of carbonyl (C=O) groups is 1. The number of carbonyl (C=O) groups excluding carboxylic acids is 1. The van der Waals surface area contributed by atoms with Crippen LogP contribution < -0.4 is 10.2 Å². The zero-order chi connectivity index (χ0) is 16.2. The fourth-order valence-corrected chi connectivity index (χ4v) is 3.01. The Kier molecular flexibility index (Phi) is 4.60. The van der Waals surface area contributed by atoms with Crippen LogP contribution in [-0.4, -0.2) is 29.1 Å². The van der Waals surface area contributed by atoms with Crippen molar-refractivity contribution in [3.63, 3.8) is 0 Å². The molecule has 1 amide bonds. The highest BCUT2D eigenvalue weighted by molar-refractivity contribution is 5.79. The molecule has 1 atom stereocenters. The van der Waals surface area contributed by atoms with Gasteiger partial charge in [-0.15, -0.1) is 0 Å². The minimum atomic E-state index is -0.00812. The third-order valence-corrected chi connectivity index (χ3v) is 4.39. The van der Waals surface area contributed by atoms with Crippen molar-refractivity contribution in [1.82, 2.24) is 15.5 Å². The third kappa shape index (κ3) is 3.52. The van der Waals surface area contributed by atoms with E-state index in [0.29, 0.717) is 13.1 Å². The van der Waals surface area contributed by atoms with Gasteiger partial charge < -0.3 is 14.7 Å².